The Hall–Kier alpha value is -1.25. The van der Waals surface area contributed by atoms with Crippen molar-refractivity contribution in [2.75, 3.05) is 0 Å². The van der Waals surface area contributed by atoms with Gasteiger partial charge in [-0.05, 0) is 44.8 Å². The van der Waals surface area contributed by atoms with E-state index in [4.69, 9.17) is 9.47 Å². The average Bonchev–Trinajstić information content (AvgIpc) is 2.38. The molecule has 1 atom stereocenters. The van der Waals surface area contributed by atoms with Gasteiger partial charge in [0.15, 0.2) is 0 Å². The Bertz CT molecular complexity index is 294. The molecule has 19 heavy (non-hydrogen) atoms. The molecule has 0 bridgehead atoms. The molecule has 0 aromatic heterocycles. The van der Waals surface area contributed by atoms with E-state index in [2.05, 4.69) is 0 Å². The van der Waals surface area contributed by atoms with Crippen molar-refractivity contribution in [2.24, 2.45) is 0 Å². The van der Waals surface area contributed by atoms with Gasteiger partial charge in [-0.15, -0.1) is 0 Å². The molecule has 0 aromatic carbocycles. The largest absolute Gasteiger partial charge is 0.473 e. The van der Waals surface area contributed by atoms with Gasteiger partial charge >= 0.3 is 5.97 Å². The van der Waals surface area contributed by atoms with Crippen LogP contribution in [0.25, 0.3) is 0 Å². The second-order valence-corrected chi connectivity index (χ2v) is 5.08. The molecule has 1 aliphatic heterocycles. The van der Waals surface area contributed by atoms with Crippen LogP contribution in [0.3, 0.4) is 0 Å². The molecule has 0 saturated carbocycles. The lowest BCUT2D eigenvalue weighted by atomic mass is 10.1. The van der Waals surface area contributed by atoms with Crippen molar-refractivity contribution in [1.82, 2.24) is 0 Å². The molecular formula is C16H26O3. The summed E-state index contributed by atoms with van der Waals surface area (Å²) in [4.78, 5) is 11.5. The van der Waals surface area contributed by atoms with Crippen LogP contribution >= 0.6 is 0 Å². The first-order chi connectivity index (χ1) is 9.29. The standard InChI is InChI=1S/C16H26O3/c1-15-11-8-6-4-2-3-5-7-9-13-18-14-10-12-16(17)19-15/h9-10,13-15H,2-8,11-12H2,1H3/b13-9+,14-10+. The molecule has 0 radical (unpaired) electrons. The lowest BCUT2D eigenvalue weighted by Crippen LogP contribution is -2.14. The van der Waals surface area contributed by atoms with E-state index in [0.717, 1.165) is 19.3 Å². The molecule has 3 heteroatoms. The van der Waals surface area contributed by atoms with Crippen LogP contribution in [0.1, 0.15) is 64.7 Å². The van der Waals surface area contributed by atoms with E-state index in [9.17, 15) is 4.79 Å². The Morgan fingerprint density at radius 3 is 2.53 bits per heavy atom. The maximum Gasteiger partial charge on any atom is 0.310 e. The van der Waals surface area contributed by atoms with Gasteiger partial charge in [-0.1, -0.05) is 25.7 Å². The van der Waals surface area contributed by atoms with Gasteiger partial charge in [-0.2, -0.15) is 0 Å². The third kappa shape index (κ3) is 9.34. The fourth-order valence-corrected chi connectivity index (χ4v) is 2.10. The second-order valence-electron chi connectivity index (χ2n) is 5.08. The Balaban J connectivity index is 2.34. The van der Waals surface area contributed by atoms with Gasteiger partial charge < -0.3 is 9.47 Å². The smallest absolute Gasteiger partial charge is 0.310 e. The third-order valence-corrected chi connectivity index (χ3v) is 3.20. The monoisotopic (exact) mass is 266 g/mol. The Morgan fingerprint density at radius 2 is 1.68 bits per heavy atom. The summed E-state index contributed by atoms with van der Waals surface area (Å²) >= 11 is 0. The van der Waals surface area contributed by atoms with Gasteiger partial charge in [0.05, 0.1) is 25.0 Å². The van der Waals surface area contributed by atoms with E-state index in [1.54, 1.807) is 18.6 Å². The molecule has 108 valence electrons. The van der Waals surface area contributed by atoms with E-state index < -0.39 is 0 Å². The van der Waals surface area contributed by atoms with Crippen LogP contribution < -0.4 is 0 Å². The van der Waals surface area contributed by atoms with Crippen molar-refractivity contribution in [3.05, 3.63) is 24.7 Å². The van der Waals surface area contributed by atoms with Gasteiger partial charge in [-0.25, -0.2) is 0 Å². The molecule has 0 aliphatic carbocycles. The predicted molar refractivity (Wildman–Crippen MR) is 76.5 cm³/mol. The Labute approximate surface area is 116 Å². The topological polar surface area (TPSA) is 35.5 Å². The van der Waals surface area contributed by atoms with Gasteiger partial charge in [0, 0.05) is 0 Å². The average molecular weight is 266 g/mol. The summed E-state index contributed by atoms with van der Waals surface area (Å²) in [6.07, 6.45) is 16.7. The summed E-state index contributed by atoms with van der Waals surface area (Å²) in [6, 6.07) is 0. The minimum absolute atomic E-state index is 0.0254. The molecule has 1 rings (SSSR count). The summed E-state index contributed by atoms with van der Waals surface area (Å²) in [6.45, 7) is 1.97. The van der Waals surface area contributed by atoms with Crippen LogP contribution in [0.15, 0.2) is 24.7 Å². The summed E-state index contributed by atoms with van der Waals surface area (Å²) in [5.74, 6) is -0.180. The van der Waals surface area contributed by atoms with Crippen LogP contribution in [0.5, 0.6) is 0 Å². The summed E-state index contributed by atoms with van der Waals surface area (Å²) in [5.41, 5.74) is 0. The van der Waals surface area contributed by atoms with Crippen molar-refractivity contribution in [3.8, 4) is 0 Å². The van der Waals surface area contributed by atoms with Gasteiger partial charge in [0.2, 0.25) is 0 Å². The fourth-order valence-electron chi connectivity index (χ4n) is 2.10. The molecule has 0 spiro atoms. The highest BCUT2D eigenvalue weighted by molar-refractivity contribution is 5.71. The fraction of sp³-hybridized carbons (Fsp3) is 0.688. The van der Waals surface area contributed by atoms with E-state index >= 15 is 0 Å². The van der Waals surface area contributed by atoms with Crippen molar-refractivity contribution in [2.45, 2.75) is 70.8 Å². The normalized spacial score (nSPS) is 27.6. The molecule has 0 saturated heterocycles. The minimum Gasteiger partial charge on any atom is -0.473 e. The molecular weight excluding hydrogens is 240 g/mol. The first kappa shape index (κ1) is 15.8. The van der Waals surface area contributed by atoms with Crippen molar-refractivity contribution in [1.29, 1.82) is 0 Å². The number of allylic oxidation sites excluding steroid dienone is 1. The highest BCUT2D eigenvalue weighted by atomic mass is 16.5. The summed E-state index contributed by atoms with van der Waals surface area (Å²) in [7, 11) is 0. The quantitative estimate of drug-likeness (QED) is 0.606. The number of carbonyl (C=O) groups is 1. The van der Waals surface area contributed by atoms with E-state index in [1.165, 1.54) is 32.1 Å². The number of hydrogen-bond acceptors (Lipinski definition) is 3. The highest BCUT2D eigenvalue weighted by Crippen LogP contribution is 2.12. The van der Waals surface area contributed by atoms with Gasteiger partial charge in [-0.3, -0.25) is 4.79 Å². The Kier molecular flexibility index (Phi) is 8.86. The Morgan fingerprint density at radius 1 is 1.00 bits per heavy atom. The van der Waals surface area contributed by atoms with Crippen LogP contribution in [-0.2, 0) is 14.3 Å². The predicted octanol–water partition coefficient (Wildman–Crippen LogP) is 4.49. The molecule has 0 fully saturated rings. The molecule has 1 heterocycles. The lowest BCUT2D eigenvalue weighted by Gasteiger charge is -2.12. The molecule has 1 unspecified atom stereocenters. The first-order valence-electron chi connectivity index (χ1n) is 7.44. The van der Waals surface area contributed by atoms with Gasteiger partial charge in [0.1, 0.15) is 0 Å². The molecule has 1 aliphatic rings. The number of cyclic esters (lactones) is 1. The lowest BCUT2D eigenvalue weighted by molar-refractivity contribution is -0.147. The zero-order chi connectivity index (χ0) is 13.8. The minimum atomic E-state index is -0.180. The molecule has 0 aromatic rings. The maximum absolute atomic E-state index is 11.5. The van der Waals surface area contributed by atoms with Crippen LogP contribution in [0.4, 0.5) is 0 Å². The van der Waals surface area contributed by atoms with Crippen molar-refractivity contribution < 1.29 is 14.3 Å². The number of carbonyl (C=O) groups excluding carboxylic acids is 1. The van der Waals surface area contributed by atoms with Crippen LogP contribution in [0, 0.1) is 0 Å². The van der Waals surface area contributed by atoms with Gasteiger partial charge in [0.25, 0.3) is 0 Å². The van der Waals surface area contributed by atoms with E-state index in [-0.39, 0.29) is 18.5 Å². The molecule has 0 N–H and O–H groups in total. The first-order valence-corrected chi connectivity index (χ1v) is 7.44. The number of ether oxygens (including phenoxy) is 2. The van der Waals surface area contributed by atoms with Crippen LogP contribution in [-0.4, -0.2) is 12.1 Å². The maximum atomic E-state index is 11.5. The summed E-state index contributed by atoms with van der Waals surface area (Å²) in [5, 5.41) is 0. The molecule has 3 nitrogen and oxygen atoms in total. The van der Waals surface area contributed by atoms with E-state index in [0.29, 0.717) is 0 Å². The third-order valence-electron chi connectivity index (χ3n) is 3.20. The zero-order valence-corrected chi connectivity index (χ0v) is 12.0. The second kappa shape index (κ2) is 10.7. The van der Waals surface area contributed by atoms with E-state index in [1.807, 2.05) is 13.0 Å². The number of hydrogen-bond donors (Lipinski definition) is 0. The molecule has 0 amide bonds. The van der Waals surface area contributed by atoms with Crippen LogP contribution in [0.2, 0.25) is 0 Å². The zero-order valence-electron chi connectivity index (χ0n) is 12.0. The highest BCUT2D eigenvalue weighted by Gasteiger charge is 2.07. The van der Waals surface area contributed by atoms with Crippen molar-refractivity contribution in [3.63, 3.8) is 0 Å². The number of esters is 1. The number of rotatable bonds is 0. The van der Waals surface area contributed by atoms with Crippen molar-refractivity contribution >= 4 is 5.97 Å². The SMILES string of the molecule is CC1CCCCCCCC/C=C/O/C=C/CC(=O)O1. The summed E-state index contributed by atoms with van der Waals surface area (Å²) < 4.78 is 10.5.